The summed E-state index contributed by atoms with van der Waals surface area (Å²) in [5, 5.41) is 5.76. The van der Waals surface area contributed by atoms with Crippen LogP contribution in [0.1, 0.15) is 5.56 Å². The van der Waals surface area contributed by atoms with Gasteiger partial charge < -0.3 is 9.30 Å². The Kier molecular flexibility index (Phi) is 5.81. The number of hydrogen-bond acceptors (Lipinski definition) is 4. The van der Waals surface area contributed by atoms with Crippen molar-refractivity contribution in [2.24, 2.45) is 0 Å². The second-order valence-corrected chi connectivity index (χ2v) is 14.3. The summed E-state index contributed by atoms with van der Waals surface area (Å²) in [6.45, 7) is 9.01. The van der Waals surface area contributed by atoms with Gasteiger partial charge >= 0.3 is 0 Å². The molecule has 0 atom stereocenters. The topological polar surface area (TPSA) is 57.8 Å². The minimum Gasteiger partial charge on any atom is -0.360 e. The van der Waals surface area contributed by atoms with Crippen molar-refractivity contribution in [2.45, 2.75) is 39.0 Å². The normalized spacial score (nSPS) is 12.2. The van der Waals surface area contributed by atoms with Crippen LogP contribution < -0.4 is 0 Å². The van der Waals surface area contributed by atoms with Gasteiger partial charge in [-0.3, -0.25) is 0 Å². The van der Waals surface area contributed by atoms with E-state index in [9.17, 15) is 0 Å². The molecule has 0 saturated heterocycles. The largest absolute Gasteiger partial charge is 0.360 e. The number of hydrogen-bond donors (Lipinski definition) is 0. The standard InChI is InChI=1S/C16H21ClIN5OSi/c1-25(2,3)5-4-24-11-23-8-12(6-21-23)7-22-9-13(18)14-15(17)19-10-20-16(14)22/h6,8-10H,4-5,7,11H2,1-3H3. The molecule has 3 aromatic rings. The highest BCUT2D eigenvalue weighted by molar-refractivity contribution is 14.1. The molecule has 0 N–H and O–H groups in total. The third kappa shape index (κ3) is 4.81. The van der Waals surface area contributed by atoms with Crippen LogP contribution in [0.3, 0.4) is 0 Å². The number of halogens is 2. The first kappa shape index (κ1) is 18.8. The van der Waals surface area contributed by atoms with E-state index in [1.165, 1.54) is 6.33 Å². The smallest absolute Gasteiger partial charge is 0.146 e. The first-order valence-electron chi connectivity index (χ1n) is 8.07. The molecule has 0 bridgehead atoms. The molecule has 0 aliphatic rings. The van der Waals surface area contributed by atoms with Gasteiger partial charge in [-0.2, -0.15) is 5.10 Å². The molecule has 6 nitrogen and oxygen atoms in total. The second kappa shape index (κ2) is 7.73. The van der Waals surface area contributed by atoms with E-state index in [0.29, 0.717) is 18.4 Å². The van der Waals surface area contributed by atoms with E-state index in [0.717, 1.165) is 32.8 Å². The minimum atomic E-state index is -1.05. The van der Waals surface area contributed by atoms with Crippen LogP contribution >= 0.6 is 34.2 Å². The molecule has 0 aliphatic carbocycles. The Bertz CT molecular complexity index is 873. The van der Waals surface area contributed by atoms with Gasteiger partial charge in [-0.15, -0.1) is 0 Å². The van der Waals surface area contributed by atoms with E-state index in [4.69, 9.17) is 16.3 Å². The zero-order chi connectivity index (χ0) is 18.0. The van der Waals surface area contributed by atoms with Crippen molar-refractivity contribution in [2.75, 3.05) is 6.61 Å². The summed E-state index contributed by atoms with van der Waals surface area (Å²) in [5.41, 5.74) is 1.93. The van der Waals surface area contributed by atoms with Gasteiger partial charge in [-0.05, 0) is 28.6 Å². The van der Waals surface area contributed by atoms with Crippen molar-refractivity contribution >= 4 is 53.3 Å². The lowest BCUT2D eigenvalue weighted by molar-refractivity contribution is 0.0785. The Balaban J connectivity index is 1.65. The van der Waals surface area contributed by atoms with Crippen molar-refractivity contribution < 1.29 is 4.74 Å². The van der Waals surface area contributed by atoms with Gasteiger partial charge in [0.2, 0.25) is 0 Å². The van der Waals surface area contributed by atoms with Crippen LogP contribution in [0.5, 0.6) is 0 Å². The monoisotopic (exact) mass is 489 g/mol. The van der Waals surface area contributed by atoms with Crippen LogP contribution in [-0.2, 0) is 18.0 Å². The third-order valence-electron chi connectivity index (χ3n) is 3.82. The summed E-state index contributed by atoms with van der Waals surface area (Å²) in [4.78, 5) is 8.42. The summed E-state index contributed by atoms with van der Waals surface area (Å²) in [7, 11) is -1.05. The van der Waals surface area contributed by atoms with Crippen LogP contribution in [0, 0.1) is 3.57 Å². The Labute approximate surface area is 166 Å². The first-order chi connectivity index (χ1) is 11.8. The van der Waals surface area contributed by atoms with Crippen LogP contribution in [-0.4, -0.2) is 39.0 Å². The summed E-state index contributed by atoms with van der Waals surface area (Å²) in [6.07, 6.45) is 7.40. The lowest BCUT2D eigenvalue weighted by Crippen LogP contribution is -2.22. The Hall–Kier alpha value is -0.973. The number of nitrogens with zero attached hydrogens (tertiary/aromatic N) is 5. The number of fused-ring (bicyclic) bond motifs is 1. The fourth-order valence-corrected chi connectivity index (χ4v) is 4.43. The molecular formula is C16H21ClIN5OSi. The average molecular weight is 490 g/mol. The second-order valence-electron chi connectivity index (χ2n) is 7.20. The molecule has 0 aliphatic heterocycles. The molecule has 3 heterocycles. The van der Waals surface area contributed by atoms with Gasteiger partial charge in [-0.25, -0.2) is 14.6 Å². The Morgan fingerprint density at radius 1 is 1.24 bits per heavy atom. The highest BCUT2D eigenvalue weighted by Gasteiger charge is 2.14. The average Bonchev–Trinajstić information content (AvgIpc) is 3.09. The van der Waals surface area contributed by atoms with Gasteiger partial charge in [0, 0.05) is 36.2 Å². The van der Waals surface area contributed by atoms with E-state index in [1.807, 2.05) is 23.3 Å². The van der Waals surface area contributed by atoms with Crippen LogP contribution in [0.25, 0.3) is 11.0 Å². The third-order valence-corrected chi connectivity index (χ3v) is 6.63. The maximum Gasteiger partial charge on any atom is 0.146 e. The first-order valence-corrected chi connectivity index (χ1v) is 13.2. The van der Waals surface area contributed by atoms with Crippen molar-refractivity contribution in [3.8, 4) is 0 Å². The summed E-state index contributed by atoms with van der Waals surface area (Å²) in [6, 6.07) is 1.16. The molecule has 3 rings (SSSR count). The molecule has 0 aromatic carbocycles. The molecule has 0 spiro atoms. The molecule has 25 heavy (non-hydrogen) atoms. The predicted molar refractivity (Wildman–Crippen MR) is 111 cm³/mol. The number of rotatable bonds is 7. The Morgan fingerprint density at radius 3 is 2.80 bits per heavy atom. The molecule has 0 amide bonds. The van der Waals surface area contributed by atoms with Gasteiger partial charge in [0.25, 0.3) is 0 Å². The van der Waals surface area contributed by atoms with Crippen LogP contribution in [0.15, 0.2) is 24.9 Å². The SMILES string of the molecule is C[Si](C)(C)CCOCn1cc(Cn2cc(I)c3c(Cl)ncnc32)cn1. The van der Waals surface area contributed by atoms with E-state index < -0.39 is 8.07 Å². The summed E-state index contributed by atoms with van der Waals surface area (Å²) in [5.74, 6) is 0. The fraction of sp³-hybridized carbons (Fsp3) is 0.438. The lowest BCUT2D eigenvalue weighted by Gasteiger charge is -2.15. The van der Waals surface area contributed by atoms with Crippen molar-refractivity contribution in [3.05, 3.63) is 39.2 Å². The lowest BCUT2D eigenvalue weighted by atomic mass is 10.3. The molecule has 3 aromatic heterocycles. The van der Waals surface area contributed by atoms with Crippen molar-refractivity contribution in [3.63, 3.8) is 0 Å². The molecule has 0 radical (unpaired) electrons. The fourth-order valence-electron chi connectivity index (χ4n) is 2.45. The minimum absolute atomic E-state index is 0.486. The van der Waals surface area contributed by atoms with Crippen LogP contribution in [0.4, 0.5) is 0 Å². The van der Waals surface area contributed by atoms with Crippen LogP contribution in [0.2, 0.25) is 30.8 Å². The summed E-state index contributed by atoms with van der Waals surface area (Å²) >= 11 is 8.44. The molecule has 0 unspecified atom stereocenters. The van der Waals surface area contributed by atoms with E-state index in [2.05, 4.69) is 61.9 Å². The van der Waals surface area contributed by atoms with E-state index in [-0.39, 0.29) is 0 Å². The van der Waals surface area contributed by atoms with Gasteiger partial charge in [0.15, 0.2) is 0 Å². The Morgan fingerprint density at radius 2 is 2.04 bits per heavy atom. The van der Waals surface area contributed by atoms with E-state index >= 15 is 0 Å². The van der Waals surface area contributed by atoms with Gasteiger partial charge in [0.1, 0.15) is 23.9 Å². The molecule has 9 heteroatoms. The van der Waals surface area contributed by atoms with Gasteiger partial charge in [-0.1, -0.05) is 31.2 Å². The van der Waals surface area contributed by atoms with E-state index in [1.54, 1.807) is 0 Å². The number of ether oxygens (including phenoxy) is 1. The maximum atomic E-state index is 6.19. The molecule has 0 saturated carbocycles. The zero-order valence-corrected chi connectivity index (χ0v) is 18.5. The zero-order valence-electron chi connectivity index (χ0n) is 14.5. The molecule has 0 fully saturated rings. The van der Waals surface area contributed by atoms with Crippen molar-refractivity contribution in [1.82, 2.24) is 24.3 Å². The molecule has 134 valence electrons. The molecular weight excluding hydrogens is 469 g/mol. The highest BCUT2D eigenvalue weighted by atomic mass is 127. The maximum absolute atomic E-state index is 6.19. The predicted octanol–water partition coefficient (Wildman–Crippen LogP) is 4.25. The van der Waals surface area contributed by atoms with Crippen molar-refractivity contribution in [1.29, 1.82) is 0 Å². The highest BCUT2D eigenvalue weighted by Crippen LogP contribution is 2.27. The quantitative estimate of drug-likeness (QED) is 0.215. The summed E-state index contributed by atoms with van der Waals surface area (Å²) < 4.78 is 10.7. The van der Waals surface area contributed by atoms with Gasteiger partial charge in [0.05, 0.1) is 18.1 Å². The number of aromatic nitrogens is 5.